The monoisotopic (exact) mass is 425 g/mol. The summed E-state index contributed by atoms with van der Waals surface area (Å²) in [5, 5.41) is 15.3. The van der Waals surface area contributed by atoms with Crippen LogP contribution in [-0.4, -0.2) is 59.6 Å². The number of aromatic nitrogens is 4. The second kappa shape index (κ2) is 7.81. The maximum absolute atomic E-state index is 12.9. The van der Waals surface area contributed by atoms with Gasteiger partial charge in [-0.3, -0.25) is 4.57 Å². The van der Waals surface area contributed by atoms with Gasteiger partial charge in [-0.25, -0.2) is 14.6 Å². The van der Waals surface area contributed by atoms with Crippen LogP contribution >= 0.6 is 0 Å². The van der Waals surface area contributed by atoms with Gasteiger partial charge in [0.15, 0.2) is 5.65 Å². The minimum Gasteiger partial charge on any atom is -0.444 e. The summed E-state index contributed by atoms with van der Waals surface area (Å²) >= 11 is 0. The fraction of sp³-hybridized carbons (Fsp3) is 0.455. The van der Waals surface area contributed by atoms with Gasteiger partial charge in [0.1, 0.15) is 11.9 Å². The molecule has 2 aromatic heterocycles. The van der Waals surface area contributed by atoms with E-state index in [1.807, 2.05) is 51.1 Å². The van der Waals surface area contributed by atoms with Crippen molar-refractivity contribution in [3.05, 3.63) is 53.3 Å². The van der Waals surface area contributed by atoms with Crippen molar-refractivity contribution >= 4 is 11.7 Å². The molecule has 0 radical (unpaired) electrons. The minimum atomic E-state index is -1.12. The lowest BCUT2D eigenvalue weighted by molar-refractivity contribution is -0.0423. The van der Waals surface area contributed by atoms with Crippen LogP contribution in [0.4, 0.5) is 4.79 Å². The van der Waals surface area contributed by atoms with Crippen LogP contribution in [0.3, 0.4) is 0 Å². The van der Waals surface area contributed by atoms with Crippen LogP contribution in [0, 0.1) is 0 Å². The Labute approximate surface area is 179 Å². The lowest BCUT2D eigenvalue weighted by Crippen LogP contribution is -2.51. The fourth-order valence-corrected chi connectivity index (χ4v) is 3.74. The van der Waals surface area contributed by atoms with Crippen molar-refractivity contribution in [2.45, 2.75) is 51.4 Å². The van der Waals surface area contributed by atoms with E-state index < -0.39 is 11.2 Å². The van der Waals surface area contributed by atoms with Gasteiger partial charge in [-0.1, -0.05) is 30.3 Å². The Hall–Kier alpha value is -3.20. The number of benzene rings is 1. The zero-order valence-corrected chi connectivity index (χ0v) is 18.0. The number of hydrogen-bond donors (Lipinski definition) is 1. The number of rotatable bonds is 3. The van der Waals surface area contributed by atoms with E-state index in [-0.39, 0.29) is 18.3 Å². The minimum absolute atomic E-state index is 0.0808. The lowest BCUT2D eigenvalue weighted by Gasteiger charge is -2.38. The summed E-state index contributed by atoms with van der Waals surface area (Å²) in [6, 6.07) is 9.62. The zero-order chi connectivity index (χ0) is 22.2. The van der Waals surface area contributed by atoms with Crippen molar-refractivity contribution in [1.29, 1.82) is 0 Å². The molecule has 4 rings (SSSR count). The van der Waals surface area contributed by atoms with E-state index in [1.165, 1.54) is 15.4 Å². The maximum Gasteiger partial charge on any atom is 0.410 e. The predicted molar refractivity (Wildman–Crippen MR) is 115 cm³/mol. The van der Waals surface area contributed by atoms with E-state index in [0.29, 0.717) is 31.6 Å². The van der Waals surface area contributed by atoms with E-state index in [0.717, 1.165) is 11.1 Å². The van der Waals surface area contributed by atoms with Crippen LogP contribution in [0.1, 0.15) is 33.6 Å². The Morgan fingerprint density at radius 3 is 2.52 bits per heavy atom. The number of piperidine rings is 1. The molecular weight excluding hydrogens is 398 g/mol. The third-order valence-electron chi connectivity index (χ3n) is 5.39. The highest BCUT2D eigenvalue weighted by molar-refractivity contribution is 5.76. The van der Waals surface area contributed by atoms with Crippen molar-refractivity contribution in [2.24, 2.45) is 0 Å². The van der Waals surface area contributed by atoms with E-state index in [9.17, 15) is 14.7 Å². The Bertz CT molecular complexity index is 1140. The molecule has 0 unspecified atom stereocenters. The first kappa shape index (κ1) is 21.0. The number of ether oxygens (including phenoxy) is 1. The van der Waals surface area contributed by atoms with Crippen LogP contribution in [0.5, 0.6) is 0 Å². The summed E-state index contributed by atoms with van der Waals surface area (Å²) in [7, 11) is 0. The summed E-state index contributed by atoms with van der Waals surface area (Å²) in [6.07, 6.45) is 3.36. The molecule has 1 aromatic carbocycles. The number of aliphatic hydroxyl groups is 1. The van der Waals surface area contributed by atoms with Gasteiger partial charge >= 0.3 is 11.8 Å². The quantitative estimate of drug-likeness (QED) is 0.691. The molecule has 1 N–H and O–H groups in total. The van der Waals surface area contributed by atoms with Crippen molar-refractivity contribution in [3.63, 3.8) is 0 Å². The molecule has 164 valence electrons. The number of fused-ring (bicyclic) bond motifs is 1. The molecule has 0 bridgehead atoms. The first-order valence-electron chi connectivity index (χ1n) is 10.3. The highest BCUT2D eigenvalue weighted by atomic mass is 16.6. The molecule has 3 heterocycles. The third kappa shape index (κ3) is 4.46. The normalized spacial score (nSPS) is 16.5. The molecule has 1 aliphatic rings. The van der Waals surface area contributed by atoms with Crippen LogP contribution in [0.25, 0.3) is 16.8 Å². The largest absolute Gasteiger partial charge is 0.444 e. The van der Waals surface area contributed by atoms with E-state index in [2.05, 4.69) is 10.1 Å². The van der Waals surface area contributed by atoms with Crippen LogP contribution in [0.15, 0.2) is 47.7 Å². The van der Waals surface area contributed by atoms with Crippen molar-refractivity contribution in [3.8, 4) is 11.1 Å². The second-order valence-corrected chi connectivity index (χ2v) is 9.01. The van der Waals surface area contributed by atoms with Gasteiger partial charge in [0.05, 0.1) is 18.3 Å². The van der Waals surface area contributed by atoms with Crippen LogP contribution in [-0.2, 0) is 11.3 Å². The van der Waals surface area contributed by atoms with Gasteiger partial charge < -0.3 is 14.7 Å². The Kier molecular flexibility index (Phi) is 5.30. The molecule has 0 aliphatic carbocycles. The topological polar surface area (TPSA) is 102 Å². The molecule has 1 aliphatic heterocycles. The fourth-order valence-electron chi connectivity index (χ4n) is 3.74. The number of hydrogen-bond acceptors (Lipinski definition) is 6. The van der Waals surface area contributed by atoms with Gasteiger partial charge in [-0.05, 0) is 39.2 Å². The summed E-state index contributed by atoms with van der Waals surface area (Å²) in [5.74, 6) is 0. The molecule has 1 amide bonds. The first-order chi connectivity index (χ1) is 14.7. The van der Waals surface area contributed by atoms with E-state index in [4.69, 9.17) is 4.74 Å². The molecule has 1 fully saturated rings. The standard InChI is InChI=1S/C22H27N5O4/c1-21(2,3)31-20(29)25-11-9-22(30,10-12-25)14-26-15-23-18-17(13-24-27(18)19(26)28)16-7-5-4-6-8-16/h4-8,13,15,30H,9-12,14H2,1-3H3. The summed E-state index contributed by atoms with van der Waals surface area (Å²) in [6.45, 7) is 6.25. The van der Waals surface area contributed by atoms with E-state index >= 15 is 0 Å². The van der Waals surface area contributed by atoms with Gasteiger partial charge in [-0.15, -0.1) is 0 Å². The second-order valence-electron chi connectivity index (χ2n) is 9.01. The summed E-state index contributed by atoms with van der Waals surface area (Å²) in [4.78, 5) is 31.2. The van der Waals surface area contributed by atoms with Crippen LogP contribution in [0.2, 0.25) is 0 Å². The average molecular weight is 425 g/mol. The molecule has 31 heavy (non-hydrogen) atoms. The molecule has 9 heteroatoms. The van der Waals surface area contributed by atoms with Crippen molar-refractivity contribution in [1.82, 2.24) is 24.1 Å². The summed E-state index contributed by atoms with van der Waals surface area (Å²) in [5.41, 5.74) is 0.119. The number of nitrogens with zero attached hydrogens (tertiary/aromatic N) is 5. The smallest absolute Gasteiger partial charge is 0.410 e. The third-order valence-corrected chi connectivity index (χ3v) is 5.39. The number of carbonyl (C=O) groups is 1. The number of likely N-dealkylation sites (tertiary alicyclic amines) is 1. The number of carbonyl (C=O) groups excluding carboxylic acids is 1. The van der Waals surface area contributed by atoms with Gasteiger partial charge in [0.25, 0.3) is 0 Å². The first-order valence-corrected chi connectivity index (χ1v) is 10.3. The summed E-state index contributed by atoms with van der Waals surface area (Å²) < 4.78 is 8.02. The highest BCUT2D eigenvalue weighted by Crippen LogP contribution is 2.26. The lowest BCUT2D eigenvalue weighted by atomic mass is 9.91. The van der Waals surface area contributed by atoms with Gasteiger partial charge in [0.2, 0.25) is 0 Å². The maximum atomic E-state index is 12.9. The molecule has 1 saturated heterocycles. The van der Waals surface area contributed by atoms with Crippen molar-refractivity contribution in [2.75, 3.05) is 13.1 Å². The van der Waals surface area contributed by atoms with Crippen molar-refractivity contribution < 1.29 is 14.6 Å². The Morgan fingerprint density at radius 2 is 1.87 bits per heavy atom. The Morgan fingerprint density at radius 1 is 1.19 bits per heavy atom. The van der Waals surface area contributed by atoms with Gasteiger partial charge in [-0.2, -0.15) is 9.61 Å². The number of amides is 1. The molecule has 0 spiro atoms. The van der Waals surface area contributed by atoms with E-state index in [1.54, 1.807) is 11.1 Å². The molecule has 0 saturated carbocycles. The molecule has 0 atom stereocenters. The SMILES string of the molecule is CC(C)(C)OC(=O)N1CCC(O)(Cn2cnc3c(-c4ccccc4)cnn3c2=O)CC1. The predicted octanol–water partition coefficient (Wildman–Crippen LogP) is 2.32. The Balaban J connectivity index is 1.50. The highest BCUT2D eigenvalue weighted by Gasteiger charge is 2.36. The molecule has 9 nitrogen and oxygen atoms in total. The average Bonchev–Trinajstić information content (AvgIpc) is 3.15. The molecular formula is C22H27N5O4. The van der Waals surface area contributed by atoms with Gasteiger partial charge in [0, 0.05) is 18.7 Å². The molecule has 3 aromatic rings. The zero-order valence-electron chi connectivity index (χ0n) is 18.0. The van der Waals surface area contributed by atoms with Crippen LogP contribution < -0.4 is 5.69 Å².